The van der Waals surface area contributed by atoms with Crippen LogP contribution < -0.4 is 5.32 Å². The van der Waals surface area contributed by atoms with Crippen molar-refractivity contribution in [3.8, 4) is 0 Å². The molecule has 1 N–H and O–H groups in total. The number of ether oxygens (including phenoxy) is 1. The lowest BCUT2D eigenvalue weighted by molar-refractivity contribution is -0.0111. The fraction of sp³-hybridized carbons (Fsp3) is 0.500. The topological polar surface area (TPSA) is 21.3 Å². The van der Waals surface area contributed by atoms with Crippen LogP contribution in [0.15, 0.2) is 30.3 Å². The third kappa shape index (κ3) is 1.35. The van der Waals surface area contributed by atoms with Crippen molar-refractivity contribution in [2.45, 2.75) is 31.1 Å². The van der Waals surface area contributed by atoms with Gasteiger partial charge in [0.2, 0.25) is 0 Å². The van der Waals surface area contributed by atoms with Crippen molar-refractivity contribution < 1.29 is 4.74 Å². The molecule has 0 spiro atoms. The number of nitrogens with one attached hydrogen (secondary N) is 1. The number of rotatable bonds is 1. The number of fused-ring (bicyclic) bond motifs is 2. The highest BCUT2D eigenvalue weighted by Crippen LogP contribution is 2.33. The van der Waals surface area contributed by atoms with E-state index in [0.29, 0.717) is 18.2 Å². The zero-order valence-electron chi connectivity index (χ0n) is 8.15. The van der Waals surface area contributed by atoms with Crippen LogP contribution in [-0.2, 0) is 4.74 Å². The predicted octanol–water partition coefficient (Wildman–Crippen LogP) is 1.88. The molecule has 2 fully saturated rings. The molecule has 2 heteroatoms. The van der Waals surface area contributed by atoms with E-state index in [1.165, 1.54) is 18.4 Å². The van der Waals surface area contributed by atoms with Crippen LogP contribution in [0.4, 0.5) is 0 Å². The van der Waals surface area contributed by atoms with Crippen LogP contribution in [0.2, 0.25) is 0 Å². The molecule has 0 saturated carbocycles. The summed E-state index contributed by atoms with van der Waals surface area (Å²) in [6.45, 7) is 1.01. The average Bonchev–Trinajstić information content (AvgIpc) is 2.62. The third-order valence-corrected chi connectivity index (χ3v) is 3.24. The van der Waals surface area contributed by atoms with Crippen molar-refractivity contribution in [3.63, 3.8) is 0 Å². The smallest absolute Gasteiger partial charge is 0.0775 e. The molecule has 1 aromatic carbocycles. The van der Waals surface area contributed by atoms with Gasteiger partial charge >= 0.3 is 0 Å². The van der Waals surface area contributed by atoms with Crippen LogP contribution in [0.3, 0.4) is 0 Å². The first-order chi connectivity index (χ1) is 6.93. The van der Waals surface area contributed by atoms with Crippen LogP contribution in [0.25, 0.3) is 0 Å². The van der Waals surface area contributed by atoms with Gasteiger partial charge in [0, 0.05) is 6.54 Å². The Kier molecular flexibility index (Phi) is 2.03. The summed E-state index contributed by atoms with van der Waals surface area (Å²) in [7, 11) is 0. The molecule has 0 aliphatic carbocycles. The molecule has 2 aliphatic rings. The highest BCUT2D eigenvalue weighted by molar-refractivity contribution is 5.21. The predicted molar refractivity (Wildman–Crippen MR) is 55.1 cm³/mol. The van der Waals surface area contributed by atoms with Gasteiger partial charge in [-0.1, -0.05) is 30.3 Å². The highest BCUT2D eigenvalue weighted by atomic mass is 16.5. The van der Waals surface area contributed by atoms with Gasteiger partial charge in [0.15, 0.2) is 0 Å². The van der Waals surface area contributed by atoms with Crippen molar-refractivity contribution in [2.75, 3.05) is 6.54 Å². The SMILES string of the molecule is c1ccc(C2NCC3CCC2O3)cc1. The van der Waals surface area contributed by atoms with E-state index in [9.17, 15) is 0 Å². The van der Waals surface area contributed by atoms with Crippen molar-refractivity contribution in [2.24, 2.45) is 0 Å². The molecule has 3 rings (SSSR count). The molecule has 0 radical (unpaired) electrons. The standard InChI is InChI=1S/C12H15NO/c1-2-4-9(5-3-1)12-11-7-6-10(14-11)8-13-12/h1-5,10-13H,6-8H2. The summed E-state index contributed by atoms with van der Waals surface area (Å²) in [6, 6.07) is 11.0. The lowest BCUT2D eigenvalue weighted by Crippen LogP contribution is -2.41. The lowest BCUT2D eigenvalue weighted by Gasteiger charge is -2.30. The van der Waals surface area contributed by atoms with Gasteiger partial charge in [-0.3, -0.25) is 0 Å². The van der Waals surface area contributed by atoms with Crippen molar-refractivity contribution in [3.05, 3.63) is 35.9 Å². The minimum absolute atomic E-state index is 0.399. The number of morpholine rings is 1. The molecular formula is C12H15NO. The zero-order valence-corrected chi connectivity index (χ0v) is 8.15. The first-order valence-corrected chi connectivity index (χ1v) is 5.37. The minimum Gasteiger partial charge on any atom is -0.372 e. The molecule has 2 heterocycles. The summed E-state index contributed by atoms with van der Waals surface area (Å²) in [4.78, 5) is 0. The summed E-state index contributed by atoms with van der Waals surface area (Å²) in [5, 5.41) is 3.57. The second-order valence-corrected chi connectivity index (χ2v) is 4.17. The molecule has 2 aliphatic heterocycles. The van der Waals surface area contributed by atoms with E-state index in [1.54, 1.807) is 0 Å². The molecule has 3 atom stereocenters. The summed E-state index contributed by atoms with van der Waals surface area (Å²) < 4.78 is 5.90. The molecule has 0 aromatic heterocycles. The fourth-order valence-electron chi connectivity index (χ4n) is 2.51. The Labute approximate surface area is 84.3 Å². The summed E-state index contributed by atoms with van der Waals surface area (Å²) in [5.74, 6) is 0. The summed E-state index contributed by atoms with van der Waals surface area (Å²) >= 11 is 0. The monoisotopic (exact) mass is 189 g/mol. The Hall–Kier alpha value is -0.860. The molecule has 3 unspecified atom stereocenters. The molecular weight excluding hydrogens is 174 g/mol. The van der Waals surface area contributed by atoms with E-state index in [2.05, 4.69) is 35.6 Å². The molecule has 74 valence electrons. The lowest BCUT2D eigenvalue weighted by atomic mass is 10.0. The van der Waals surface area contributed by atoms with Crippen LogP contribution in [-0.4, -0.2) is 18.8 Å². The third-order valence-electron chi connectivity index (χ3n) is 3.24. The Bertz CT molecular complexity index is 311. The molecule has 2 bridgehead atoms. The van der Waals surface area contributed by atoms with Gasteiger partial charge in [-0.2, -0.15) is 0 Å². The van der Waals surface area contributed by atoms with Gasteiger partial charge < -0.3 is 10.1 Å². The minimum atomic E-state index is 0.399. The second kappa shape index (κ2) is 3.37. The van der Waals surface area contributed by atoms with Gasteiger partial charge in [0.25, 0.3) is 0 Å². The number of benzene rings is 1. The van der Waals surface area contributed by atoms with Gasteiger partial charge in [-0.05, 0) is 18.4 Å². The first kappa shape index (κ1) is 8.45. The zero-order chi connectivity index (χ0) is 9.38. The van der Waals surface area contributed by atoms with Crippen molar-refractivity contribution >= 4 is 0 Å². The molecule has 2 nitrogen and oxygen atoms in total. The maximum Gasteiger partial charge on any atom is 0.0775 e. The Morgan fingerprint density at radius 1 is 1.14 bits per heavy atom. The molecule has 14 heavy (non-hydrogen) atoms. The van der Waals surface area contributed by atoms with Crippen molar-refractivity contribution in [1.29, 1.82) is 0 Å². The normalized spacial score (nSPS) is 35.9. The van der Waals surface area contributed by atoms with Gasteiger partial charge in [-0.25, -0.2) is 0 Å². The van der Waals surface area contributed by atoms with E-state index in [4.69, 9.17) is 4.74 Å². The molecule has 1 aromatic rings. The van der Waals surface area contributed by atoms with Crippen LogP contribution >= 0.6 is 0 Å². The Balaban J connectivity index is 1.85. The largest absolute Gasteiger partial charge is 0.372 e. The average molecular weight is 189 g/mol. The van der Waals surface area contributed by atoms with Gasteiger partial charge in [0.05, 0.1) is 18.2 Å². The van der Waals surface area contributed by atoms with E-state index in [1.807, 2.05) is 0 Å². The second-order valence-electron chi connectivity index (χ2n) is 4.17. The van der Waals surface area contributed by atoms with E-state index in [0.717, 1.165) is 6.54 Å². The van der Waals surface area contributed by atoms with Crippen LogP contribution in [0, 0.1) is 0 Å². The van der Waals surface area contributed by atoms with Gasteiger partial charge in [-0.15, -0.1) is 0 Å². The quantitative estimate of drug-likeness (QED) is 0.728. The fourth-order valence-corrected chi connectivity index (χ4v) is 2.51. The summed E-state index contributed by atoms with van der Waals surface area (Å²) in [6.07, 6.45) is 3.30. The number of hydrogen-bond acceptors (Lipinski definition) is 2. The highest BCUT2D eigenvalue weighted by Gasteiger charge is 2.36. The first-order valence-electron chi connectivity index (χ1n) is 5.37. The van der Waals surface area contributed by atoms with E-state index in [-0.39, 0.29) is 0 Å². The maximum absolute atomic E-state index is 5.90. The van der Waals surface area contributed by atoms with Crippen LogP contribution in [0.1, 0.15) is 24.4 Å². The number of hydrogen-bond donors (Lipinski definition) is 1. The molecule has 0 amide bonds. The summed E-state index contributed by atoms with van der Waals surface area (Å²) in [5.41, 5.74) is 1.36. The Morgan fingerprint density at radius 2 is 2.00 bits per heavy atom. The maximum atomic E-state index is 5.90. The van der Waals surface area contributed by atoms with Gasteiger partial charge in [0.1, 0.15) is 0 Å². The molecule has 2 saturated heterocycles. The Morgan fingerprint density at radius 3 is 2.86 bits per heavy atom. The van der Waals surface area contributed by atoms with Crippen molar-refractivity contribution in [1.82, 2.24) is 5.32 Å². The van der Waals surface area contributed by atoms with E-state index >= 15 is 0 Å². The van der Waals surface area contributed by atoms with Crippen LogP contribution in [0.5, 0.6) is 0 Å². The van der Waals surface area contributed by atoms with E-state index < -0.39 is 0 Å².